The molecule has 0 atom stereocenters. The van der Waals surface area contributed by atoms with Crippen LogP contribution in [0.5, 0.6) is 5.75 Å². The first-order valence-electron chi connectivity index (χ1n) is 9.22. The van der Waals surface area contributed by atoms with Gasteiger partial charge < -0.3 is 9.47 Å². The molecule has 2 amide bonds. The summed E-state index contributed by atoms with van der Waals surface area (Å²) in [5, 5.41) is 0. The van der Waals surface area contributed by atoms with Crippen molar-refractivity contribution in [1.29, 1.82) is 0 Å². The maximum atomic E-state index is 12.4. The first-order chi connectivity index (χ1) is 13.3. The minimum absolute atomic E-state index is 0.0107. The van der Waals surface area contributed by atoms with Crippen molar-refractivity contribution in [2.45, 2.75) is 39.7 Å². The smallest absolute Gasteiger partial charge is 0.269 e. The molecule has 0 fully saturated rings. The third-order valence-electron chi connectivity index (χ3n) is 4.31. The molecule has 0 aromatic heterocycles. The summed E-state index contributed by atoms with van der Waals surface area (Å²) in [6.45, 7) is 9.12. The van der Waals surface area contributed by atoms with Gasteiger partial charge in [-0.3, -0.25) is 20.4 Å². The Hall–Kier alpha value is -2.86. The number of amides is 2. The van der Waals surface area contributed by atoms with Crippen LogP contribution in [0.2, 0.25) is 0 Å². The molecule has 6 nitrogen and oxygen atoms in total. The van der Waals surface area contributed by atoms with Gasteiger partial charge in [0.1, 0.15) is 5.75 Å². The molecular weight excluding hydrogens is 356 g/mol. The quantitative estimate of drug-likeness (QED) is 0.746. The van der Waals surface area contributed by atoms with Gasteiger partial charge >= 0.3 is 0 Å². The van der Waals surface area contributed by atoms with E-state index in [4.69, 9.17) is 9.47 Å². The lowest BCUT2D eigenvalue weighted by Crippen LogP contribution is -2.41. The Balaban J connectivity index is 2.02. The third kappa shape index (κ3) is 5.57. The van der Waals surface area contributed by atoms with Gasteiger partial charge in [-0.2, -0.15) is 0 Å². The van der Waals surface area contributed by atoms with E-state index >= 15 is 0 Å². The fourth-order valence-corrected chi connectivity index (χ4v) is 2.62. The van der Waals surface area contributed by atoms with E-state index in [0.717, 1.165) is 11.1 Å². The molecule has 0 aliphatic heterocycles. The van der Waals surface area contributed by atoms with Crippen molar-refractivity contribution in [2.24, 2.45) is 0 Å². The molecule has 0 spiro atoms. The molecule has 28 heavy (non-hydrogen) atoms. The Bertz CT molecular complexity index is 823. The Labute approximate surface area is 166 Å². The number of carbonyl (C=O) groups is 2. The third-order valence-corrected chi connectivity index (χ3v) is 4.31. The molecule has 2 aromatic rings. The largest absolute Gasteiger partial charge is 0.496 e. The summed E-state index contributed by atoms with van der Waals surface area (Å²) in [6, 6.07) is 12.4. The molecule has 2 rings (SSSR count). The van der Waals surface area contributed by atoms with E-state index in [1.165, 1.54) is 0 Å². The molecule has 0 aliphatic rings. The molecule has 0 radical (unpaired) electrons. The van der Waals surface area contributed by atoms with Crippen molar-refractivity contribution in [1.82, 2.24) is 10.9 Å². The maximum absolute atomic E-state index is 12.4. The second-order valence-electron chi connectivity index (χ2n) is 7.40. The van der Waals surface area contributed by atoms with E-state index in [2.05, 4.69) is 31.6 Å². The van der Waals surface area contributed by atoms with Gasteiger partial charge in [0, 0.05) is 23.3 Å². The van der Waals surface area contributed by atoms with Crippen molar-refractivity contribution in [3.05, 3.63) is 64.7 Å². The lowest BCUT2D eigenvalue weighted by atomic mass is 9.87. The fourth-order valence-electron chi connectivity index (χ4n) is 2.62. The van der Waals surface area contributed by atoms with Crippen LogP contribution < -0.4 is 15.6 Å². The van der Waals surface area contributed by atoms with Gasteiger partial charge in [0.2, 0.25) is 0 Å². The summed E-state index contributed by atoms with van der Waals surface area (Å²) < 4.78 is 10.7. The molecule has 0 unspecified atom stereocenters. The van der Waals surface area contributed by atoms with Gasteiger partial charge in [0.05, 0.1) is 13.7 Å². The van der Waals surface area contributed by atoms with Gasteiger partial charge in [-0.1, -0.05) is 32.9 Å². The van der Waals surface area contributed by atoms with Crippen LogP contribution in [0.4, 0.5) is 0 Å². The summed E-state index contributed by atoms with van der Waals surface area (Å²) in [5.41, 5.74) is 7.67. The number of ether oxygens (including phenoxy) is 2. The van der Waals surface area contributed by atoms with E-state index in [1.807, 2.05) is 19.1 Å². The normalized spacial score (nSPS) is 11.0. The zero-order valence-corrected chi connectivity index (χ0v) is 17.1. The molecule has 0 saturated carbocycles. The lowest BCUT2D eigenvalue weighted by molar-refractivity contribution is 0.0846. The predicted octanol–water partition coefficient (Wildman–Crippen LogP) is 3.60. The van der Waals surface area contributed by atoms with Crippen LogP contribution in [0.15, 0.2) is 42.5 Å². The van der Waals surface area contributed by atoms with Crippen molar-refractivity contribution in [3.8, 4) is 5.75 Å². The van der Waals surface area contributed by atoms with Crippen molar-refractivity contribution < 1.29 is 19.1 Å². The lowest BCUT2D eigenvalue weighted by Gasteiger charge is -2.19. The van der Waals surface area contributed by atoms with Crippen LogP contribution in [0.25, 0.3) is 0 Å². The van der Waals surface area contributed by atoms with Crippen LogP contribution >= 0.6 is 0 Å². The summed E-state index contributed by atoms with van der Waals surface area (Å²) in [7, 11) is 1.57. The van der Waals surface area contributed by atoms with Crippen LogP contribution in [0, 0.1) is 0 Å². The Morgan fingerprint density at radius 2 is 1.50 bits per heavy atom. The molecule has 150 valence electrons. The molecule has 0 bridgehead atoms. The van der Waals surface area contributed by atoms with Crippen molar-refractivity contribution in [2.75, 3.05) is 13.7 Å². The number of carbonyl (C=O) groups excluding carboxylic acids is 2. The van der Waals surface area contributed by atoms with Gasteiger partial charge in [-0.15, -0.1) is 0 Å². The number of benzene rings is 2. The summed E-state index contributed by atoms with van der Waals surface area (Å²) in [4.78, 5) is 24.7. The highest BCUT2D eigenvalue weighted by Crippen LogP contribution is 2.22. The Morgan fingerprint density at radius 1 is 0.929 bits per heavy atom. The van der Waals surface area contributed by atoms with E-state index < -0.39 is 5.91 Å². The standard InChI is InChI=1S/C22H28N2O4/c1-6-28-14-17-13-16(9-12-19(17)27-5)21(26)24-23-20(25)15-7-10-18(11-8-15)22(2,3)4/h7-13H,6,14H2,1-5H3,(H,23,25)(H,24,26). The van der Waals surface area contributed by atoms with Gasteiger partial charge in [0.15, 0.2) is 0 Å². The molecule has 0 heterocycles. The molecule has 2 N–H and O–H groups in total. The van der Waals surface area contributed by atoms with Crippen molar-refractivity contribution >= 4 is 11.8 Å². The summed E-state index contributed by atoms with van der Waals surface area (Å²) in [6.07, 6.45) is 0. The summed E-state index contributed by atoms with van der Waals surface area (Å²) >= 11 is 0. The molecule has 6 heteroatoms. The number of hydrogen-bond donors (Lipinski definition) is 2. The second-order valence-corrected chi connectivity index (χ2v) is 7.40. The average molecular weight is 384 g/mol. The maximum Gasteiger partial charge on any atom is 0.269 e. The van der Waals surface area contributed by atoms with Crippen LogP contribution in [0.1, 0.15) is 59.5 Å². The second kappa shape index (κ2) is 9.37. The van der Waals surface area contributed by atoms with Crippen LogP contribution in [-0.4, -0.2) is 25.5 Å². The number of hydrogen-bond acceptors (Lipinski definition) is 4. The zero-order valence-electron chi connectivity index (χ0n) is 17.1. The molecule has 2 aromatic carbocycles. The molecule has 0 saturated heterocycles. The first kappa shape index (κ1) is 21.4. The monoisotopic (exact) mass is 384 g/mol. The summed E-state index contributed by atoms with van der Waals surface area (Å²) in [5.74, 6) is -0.148. The predicted molar refractivity (Wildman–Crippen MR) is 108 cm³/mol. The van der Waals surface area contributed by atoms with Crippen molar-refractivity contribution in [3.63, 3.8) is 0 Å². The van der Waals surface area contributed by atoms with E-state index in [1.54, 1.807) is 37.4 Å². The van der Waals surface area contributed by atoms with Gasteiger partial charge in [-0.05, 0) is 48.2 Å². The number of methoxy groups -OCH3 is 1. The number of rotatable bonds is 6. The minimum atomic E-state index is -0.417. The average Bonchev–Trinajstić information content (AvgIpc) is 2.69. The van der Waals surface area contributed by atoms with E-state index in [-0.39, 0.29) is 11.3 Å². The fraction of sp³-hybridized carbons (Fsp3) is 0.364. The van der Waals surface area contributed by atoms with Gasteiger partial charge in [-0.25, -0.2) is 0 Å². The molecule has 0 aliphatic carbocycles. The van der Waals surface area contributed by atoms with Crippen LogP contribution in [0.3, 0.4) is 0 Å². The highest BCUT2D eigenvalue weighted by molar-refractivity contribution is 5.99. The zero-order chi connectivity index (χ0) is 20.7. The molecular formula is C22H28N2O4. The first-order valence-corrected chi connectivity index (χ1v) is 9.22. The Kier molecular flexibility index (Phi) is 7.18. The van der Waals surface area contributed by atoms with E-state index in [0.29, 0.717) is 30.1 Å². The van der Waals surface area contributed by atoms with E-state index in [9.17, 15) is 9.59 Å². The Morgan fingerprint density at radius 3 is 2.04 bits per heavy atom. The number of hydrazine groups is 1. The highest BCUT2D eigenvalue weighted by Gasteiger charge is 2.15. The van der Waals surface area contributed by atoms with Crippen LogP contribution in [-0.2, 0) is 16.8 Å². The number of nitrogens with one attached hydrogen (secondary N) is 2. The topological polar surface area (TPSA) is 76.7 Å². The minimum Gasteiger partial charge on any atom is -0.496 e. The SMILES string of the molecule is CCOCc1cc(C(=O)NNC(=O)c2ccc(C(C)(C)C)cc2)ccc1OC. The highest BCUT2D eigenvalue weighted by atomic mass is 16.5. The van der Waals surface area contributed by atoms with Gasteiger partial charge in [0.25, 0.3) is 11.8 Å².